The molecule has 1 amide bonds. The molecule has 3 rings (SSSR count). The van der Waals surface area contributed by atoms with Crippen molar-refractivity contribution < 1.29 is 18.7 Å². The molecule has 0 saturated heterocycles. The van der Waals surface area contributed by atoms with E-state index in [1.165, 1.54) is 6.21 Å². The van der Waals surface area contributed by atoms with Crippen LogP contribution >= 0.6 is 15.9 Å². The molecule has 9 heteroatoms. The van der Waals surface area contributed by atoms with Crippen LogP contribution < -0.4 is 14.9 Å². The van der Waals surface area contributed by atoms with Gasteiger partial charge in [-0.15, -0.1) is 0 Å². The second-order valence-electron chi connectivity index (χ2n) is 5.07. The minimum Gasteiger partial charge on any atom is -0.493 e. The summed E-state index contributed by atoms with van der Waals surface area (Å²) in [6.07, 6.45) is 3.09. The van der Waals surface area contributed by atoms with Gasteiger partial charge in [-0.2, -0.15) is 10.2 Å². The Balaban J connectivity index is 1.77. The van der Waals surface area contributed by atoms with Gasteiger partial charge >= 0.3 is 5.91 Å². The van der Waals surface area contributed by atoms with Crippen molar-refractivity contribution in [1.82, 2.24) is 15.6 Å². The van der Waals surface area contributed by atoms with Crippen molar-refractivity contribution >= 4 is 28.1 Å². The van der Waals surface area contributed by atoms with Crippen molar-refractivity contribution in [1.29, 1.82) is 0 Å². The maximum Gasteiger partial charge on any atom is 0.307 e. The summed E-state index contributed by atoms with van der Waals surface area (Å²) < 4.78 is 16.2. The van der Waals surface area contributed by atoms with E-state index in [1.54, 1.807) is 38.6 Å². The third kappa shape index (κ3) is 3.77. The van der Waals surface area contributed by atoms with Gasteiger partial charge in [0.1, 0.15) is 0 Å². The van der Waals surface area contributed by atoms with Crippen molar-refractivity contribution in [3.63, 3.8) is 0 Å². The number of carbonyl (C=O) groups excluding carboxylic acids is 1. The number of methoxy groups -OCH3 is 2. The van der Waals surface area contributed by atoms with E-state index in [1.807, 2.05) is 12.1 Å². The predicted molar refractivity (Wildman–Crippen MR) is 98.6 cm³/mol. The molecule has 0 fully saturated rings. The van der Waals surface area contributed by atoms with Crippen LogP contribution in [0.15, 0.2) is 50.7 Å². The van der Waals surface area contributed by atoms with E-state index in [9.17, 15) is 4.79 Å². The second kappa shape index (κ2) is 7.87. The lowest BCUT2D eigenvalue weighted by atomic mass is 10.1. The minimum absolute atomic E-state index is 0.154. The number of amides is 1. The molecule has 26 heavy (non-hydrogen) atoms. The summed E-state index contributed by atoms with van der Waals surface area (Å²) >= 11 is 3.14. The van der Waals surface area contributed by atoms with Crippen LogP contribution in [0.4, 0.5) is 0 Å². The normalized spacial score (nSPS) is 10.9. The van der Waals surface area contributed by atoms with E-state index in [-0.39, 0.29) is 5.76 Å². The van der Waals surface area contributed by atoms with Crippen molar-refractivity contribution in [2.75, 3.05) is 14.2 Å². The number of ether oxygens (including phenoxy) is 2. The van der Waals surface area contributed by atoms with Gasteiger partial charge in [-0.3, -0.25) is 9.89 Å². The van der Waals surface area contributed by atoms with Crippen LogP contribution in [-0.4, -0.2) is 36.5 Å². The summed E-state index contributed by atoms with van der Waals surface area (Å²) in [5.41, 5.74) is 4.65. The van der Waals surface area contributed by atoms with Gasteiger partial charge in [0.15, 0.2) is 21.9 Å². The Morgan fingerprint density at radius 1 is 1.27 bits per heavy atom. The fourth-order valence-corrected chi connectivity index (χ4v) is 2.57. The third-order valence-electron chi connectivity index (χ3n) is 3.51. The molecule has 0 aliphatic rings. The highest BCUT2D eigenvalue weighted by Crippen LogP contribution is 2.32. The number of aromatic amines is 1. The molecule has 3 aromatic rings. The van der Waals surface area contributed by atoms with Crippen LogP contribution in [0.5, 0.6) is 11.5 Å². The number of hydrogen-bond acceptors (Lipinski definition) is 6. The Bertz CT molecular complexity index is 948. The highest BCUT2D eigenvalue weighted by Gasteiger charge is 2.12. The van der Waals surface area contributed by atoms with Gasteiger partial charge in [0.25, 0.3) is 0 Å². The summed E-state index contributed by atoms with van der Waals surface area (Å²) in [4.78, 5) is 11.9. The first-order valence-corrected chi connectivity index (χ1v) is 8.26. The van der Waals surface area contributed by atoms with Crippen LogP contribution in [0, 0.1) is 0 Å². The number of furan rings is 1. The first kappa shape index (κ1) is 17.7. The molecule has 2 aromatic heterocycles. The topological polar surface area (TPSA) is 102 Å². The van der Waals surface area contributed by atoms with E-state index in [0.717, 1.165) is 11.3 Å². The molecule has 1 aromatic carbocycles. The lowest BCUT2D eigenvalue weighted by Gasteiger charge is -2.09. The number of nitrogens with zero attached hydrogens (tertiary/aromatic N) is 2. The number of aromatic nitrogens is 2. The molecule has 2 heterocycles. The molecule has 0 aliphatic carbocycles. The molecule has 134 valence electrons. The minimum atomic E-state index is -0.455. The highest BCUT2D eigenvalue weighted by molar-refractivity contribution is 9.10. The molecule has 0 saturated carbocycles. The third-order valence-corrected chi connectivity index (χ3v) is 3.93. The lowest BCUT2D eigenvalue weighted by Crippen LogP contribution is -2.16. The largest absolute Gasteiger partial charge is 0.493 e. The Kier molecular flexibility index (Phi) is 5.37. The lowest BCUT2D eigenvalue weighted by molar-refractivity contribution is 0.0926. The molecular formula is C17H15BrN4O4. The number of carbonyl (C=O) groups is 1. The van der Waals surface area contributed by atoms with Gasteiger partial charge in [-0.1, -0.05) is 0 Å². The summed E-state index contributed by atoms with van der Waals surface area (Å²) in [7, 11) is 3.14. The van der Waals surface area contributed by atoms with Crippen molar-refractivity contribution in [2.45, 2.75) is 0 Å². The van der Waals surface area contributed by atoms with E-state index < -0.39 is 5.91 Å². The Morgan fingerprint density at radius 2 is 2.08 bits per heavy atom. The molecule has 0 bridgehead atoms. The van der Waals surface area contributed by atoms with E-state index in [4.69, 9.17) is 13.9 Å². The van der Waals surface area contributed by atoms with Gasteiger partial charge in [0.2, 0.25) is 0 Å². The summed E-state index contributed by atoms with van der Waals surface area (Å²) in [6, 6.07) is 8.66. The van der Waals surface area contributed by atoms with Crippen LogP contribution in [0.2, 0.25) is 0 Å². The molecule has 0 unspecified atom stereocenters. The first-order chi connectivity index (χ1) is 12.6. The van der Waals surface area contributed by atoms with Gasteiger partial charge < -0.3 is 13.9 Å². The molecule has 0 aliphatic heterocycles. The smallest absolute Gasteiger partial charge is 0.307 e. The molecule has 8 nitrogen and oxygen atoms in total. The van der Waals surface area contributed by atoms with Crippen LogP contribution in [0.1, 0.15) is 16.1 Å². The zero-order valence-electron chi connectivity index (χ0n) is 13.9. The average Bonchev–Trinajstić information content (AvgIpc) is 3.30. The number of hydrogen-bond donors (Lipinski definition) is 2. The highest BCUT2D eigenvalue weighted by atomic mass is 79.9. The second-order valence-corrected chi connectivity index (χ2v) is 5.85. The molecule has 2 N–H and O–H groups in total. The standard InChI is InChI=1S/C17H15BrN4O4/c1-24-12-4-3-10(7-14(12)25-2)16-11(8-19-21-16)9-20-22-17(23)13-5-6-15(18)26-13/h3-9H,1-2H3,(H,19,21)(H,22,23)/b20-9+. The SMILES string of the molecule is COc1ccc(-c2[nH]ncc2/C=N/NC(=O)c2ccc(Br)o2)cc1OC. The molecular weight excluding hydrogens is 404 g/mol. The first-order valence-electron chi connectivity index (χ1n) is 7.47. The molecule has 0 atom stereocenters. The zero-order valence-corrected chi connectivity index (χ0v) is 15.5. The van der Waals surface area contributed by atoms with Crippen LogP contribution in [0.3, 0.4) is 0 Å². The van der Waals surface area contributed by atoms with E-state index in [2.05, 4.69) is 36.7 Å². The Hall–Kier alpha value is -3.07. The maximum atomic E-state index is 11.9. The average molecular weight is 419 g/mol. The maximum absolute atomic E-state index is 11.9. The summed E-state index contributed by atoms with van der Waals surface area (Å²) in [6.45, 7) is 0. The summed E-state index contributed by atoms with van der Waals surface area (Å²) in [5, 5.41) is 10.9. The predicted octanol–water partition coefficient (Wildman–Crippen LogP) is 3.21. The van der Waals surface area contributed by atoms with Crippen molar-refractivity contribution in [3.8, 4) is 22.8 Å². The Morgan fingerprint density at radius 3 is 2.77 bits per heavy atom. The fourth-order valence-electron chi connectivity index (χ4n) is 2.27. The van der Waals surface area contributed by atoms with Crippen LogP contribution in [-0.2, 0) is 0 Å². The molecule has 0 spiro atoms. The van der Waals surface area contributed by atoms with Crippen molar-refractivity contribution in [3.05, 3.63) is 52.5 Å². The van der Waals surface area contributed by atoms with Gasteiger partial charge in [-0.25, -0.2) is 5.43 Å². The van der Waals surface area contributed by atoms with Gasteiger partial charge in [0, 0.05) is 11.1 Å². The summed E-state index contributed by atoms with van der Waals surface area (Å²) in [5.74, 6) is 0.923. The number of halogens is 1. The van der Waals surface area contributed by atoms with Crippen molar-refractivity contribution in [2.24, 2.45) is 5.10 Å². The monoisotopic (exact) mass is 418 g/mol. The molecule has 0 radical (unpaired) electrons. The van der Waals surface area contributed by atoms with E-state index >= 15 is 0 Å². The number of nitrogens with one attached hydrogen (secondary N) is 2. The number of benzene rings is 1. The number of rotatable bonds is 6. The zero-order chi connectivity index (χ0) is 18.5. The number of H-pyrrole nitrogens is 1. The van der Waals surface area contributed by atoms with Gasteiger partial charge in [-0.05, 0) is 46.3 Å². The Labute approximate surface area is 157 Å². The van der Waals surface area contributed by atoms with Gasteiger partial charge in [0.05, 0.1) is 32.3 Å². The quantitative estimate of drug-likeness (QED) is 0.472. The fraction of sp³-hybridized carbons (Fsp3) is 0.118. The number of hydrazone groups is 1. The van der Waals surface area contributed by atoms with Crippen LogP contribution in [0.25, 0.3) is 11.3 Å². The van der Waals surface area contributed by atoms with E-state index in [0.29, 0.717) is 21.7 Å².